The van der Waals surface area contributed by atoms with E-state index < -0.39 is 0 Å². The molecule has 0 amide bonds. The molecule has 106 valence electrons. The summed E-state index contributed by atoms with van der Waals surface area (Å²) in [5.74, 6) is 0.824. The van der Waals surface area contributed by atoms with Gasteiger partial charge in [-0.2, -0.15) is 0 Å². The third kappa shape index (κ3) is 3.27. The van der Waals surface area contributed by atoms with Crippen LogP contribution in [0.2, 0.25) is 0 Å². The van der Waals surface area contributed by atoms with Gasteiger partial charge in [-0.15, -0.1) is 0 Å². The summed E-state index contributed by atoms with van der Waals surface area (Å²) in [6, 6.07) is 5.59. The highest BCUT2D eigenvalue weighted by atomic mass is 79.9. The Morgan fingerprint density at radius 3 is 3.00 bits per heavy atom. The van der Waals surface area contributed by atoms with Crippen molar-refractivity contribution in [1.29, 1.82) is 0 Å². The Bertz CT molecular complexity index is 575. The zero-order chi connectivity index (χ0) is 13.9. The number of hydrogen-bond acceptors (Lipinski definition) is 3. The van der Waals surface area contributed by atoms with Crippen molar-refractivity contribution in [2.45, 2.75) is 31.7 Å². The van der Waals surface area contributed by atoms with Crippen LogP contribution in [-0.2, 0) is 6.42 Å². The van der Waals surface area contributed by atoms with Crippen LogP contribution in [0, 0.1) is 5.82 Å². The molecular weight excluding hydrogens is 323 g/mol. The fourth-order valence-corrected chi connectivity index (χ4v) is 2.65. The van der Waals surface area contributed by atoms with Gasteiger partial charge in [0.15, 0.2) is 11.7 Å². The molecule has 3 rings (SSSR count). The molecule has 0 radical (unpaired) electrons. The van der Waals surface area contributed by atoms with Gasteiger partial charge in [-0.05, 0) is 53.9 Å². The maximum absolute atomic E-state index is 13.8. The van der Waals surface area contributed by atoms with Gasteiger partial charge in [0.05, 0.1) is 11.8 Å². The molecule has 0 atom stereocenters. The largest absolute Gasteiger partial charge is 0.441 e. The summed E-state index contributed by atoms with van der Waals surface area (Å²) < 4.78 is 20.1. The zero-order valence-electron chi connectivity index (χ0n) is 11.0. The lowest BCUT2D eigenvalue weighted by Gasteiger charge is -2.02. The van der Waals surface area contributed by atoms with Crippen LogP contribution < -0.4 is 5.32 Å². The molecule has 1 heterocycles. The fourth-order valence-electron chi connectivity index (χ4n) is 2.11. The summed E-state index contributed by atoms with van der Waals surface area (Å²) in [5.41, 5.74) is 0.433. The smallest absolute Gasteiger partial charge is 0.194 e. The first kappa shape index (κ1) is 13.8. The van der Waals surface area contributed by atoms with Crippen molar-refractivity contribution in [2.24, 2.45) is 0 Å². The van der Waals surface area contributed by atoms with E-state index >= 15 is 0 Å². The second-order valence-electron chi connectivity index (χ2n) is 5.05. The van der Waals surface area contributed by atoms with Gasteiger partial charge in [-0.3, -0.25) is 0 Å². The summed E-state index contributed by atoms with van der Waals surface area (Å²) in [5, 5.41) is 3.45. The molecule has 0 unspecified atom stereocenters. The van der Waals surface area contributed by atoms with Crippen LogP contribution in [0.25, 0.3) is 11.3 Å². The lowest BCUT2D eigenvalue weighted by Crippen LogP contribution is -2.17. The second-order valence-corrected chi connectivity index (χ2v) is 5.90. The van der Waals surface area contributed by atoms with E-state index in [-0.39, 0.29) is 5.82 Å². The van der Waals surface area contributed by atoms with Gasteiger partial charge in [-0.1, -0.05) is 6.07 Å². The number of nitrogens with zero attached hydrogens (tertiary/aromatic N) is 1. The summed E-state index contributed by atoms with van der Waals surface area (Å²) >= 11 is 3.34. The van der Waals surface area contributed by atoms with E-state index in [4.69, 9.17) is 4.42 Å². The van der Waals surface area contributed by atoms with Gasteiger partial charge in [0.2, 0.25) is 0 Å². The van der Waals surface area contributed by atoms with Crippen molar-refractivity contribution in [1.82, 2.24) is 10.3 Å². The minimum Gasteiger partial charge on any atom is -0.441 e. The molecule has 5 heteroatoms. The first-order valence-corrected chi connectivity index (χ1v) is 7.66. The van der Waals surface area contributed by atoms with Crippen molar-refractivity contribution in [3.63, 3.8) is 0 Å². The summed E-state index contributed by atoms with van der Waals surface area (Å²) in [7, 11) is 0. The quantitative estimate of drug-likeness (QED) is 0.811. The molecule has 1 aliphatic rings. The molecule has 0 saturated heterocycles. The van der Waals surface area contributed by atoms with E-state index in [0.717, 1.165) is 25.4 Å². The normalized spacial score (nSPS) is 14.7. The van der Waals surface area contributed by atoms with E-state index in [1.807, 2.05) is 0 Å². The Labute approximate surface area is 125 Å². The second kappa shape index (κ2) is 6.06. The van der Waals surface area contributed by atoms with Crippen molar-refractivity contribution >= 4 is 15.9 Å². The predicted octanol–water partition coefficient (Wildman–Crippen LogP) is 3.93. The average molecular weight is 339 g/mol. The molecule has 1 aromatic heterocycles. The van der Waals surface area contributed by atoms with Crippen molar-refractivity contribution < 1.29 is 8.81 Å². The number of halogens is 2. The van der Waals surface area contributed by atoms with Gasteiger partial charge in [0, 0.05) is 16.9 Å². The highest BCUT2D eigenvalue weighted by molar-refractivity contribution is 9.10. The number of hydrogen-bond donors (Lipinski definition) is 1. The minimum absolute atomic E-state index is 0.308. The maximum atomic E-state index is 13.8. The molecule has 1 aromatic carbocycles. The highest BCUT2D eigenvalue weighted by Crippen LogP contribution is 2.31. The first-order chi connectivity index (χ1) is 9.74. The van der Waals surface area contributed by atoms with E-state index in [9.17, 15) is 4.39 Å². The zero-order valence-corrected chi connectivity index (χ0v) is 12.6. The summed E-state index contributed by atoms with van der Waals surface area (Å²) in [4.78, 5) is 4.23. The van der Waals surface area contributed by atoms with Crippen molar-refractivity contribution in [3.05, 3.63) is 40.6 Å². The SMILES string of the molecule is Fc1cccc(Br)c1-c1cnc(CCCNC2CC2)o1. The third-order valence-corrected chi connectivity index (χ3v) is 4.00. The Balaban J connectivity index is 1.63. The molecular formula is C15H16BrFN2O. The van der Waals surface area contributed by atoms with Crippen LogP contribution in [0.4, 0.5) is 4.39 Å². The molecule has 0 aliphatic heterocycles. The molecule has 20 heavy (non-hydrogen) atoms. The summed E-state index contributed by atoms with van der Waals surface area (Å²) in [6.07, 6.45) is 5.93. The topological polar surface area (TPSA) is 38.1 Å². The van der Waals surface area contributed by atoms with Crippen LogP contribution in [-0.4, -0.2) is 17.6 Å². The van der Waals surface area contributed by atoms with E-state index in [1.54, 1.807) is 18.3 Å². The monoisotopic (exact) mass is 338 g/mol. The molecule has 1 fully saturated rings. The number of aromatic nitrogens is 1. The number of benzene rings is 1. The van der Waals surface area contributed by atoms with Gasteiger partial charge < -0.3 is 9.73 Å². The van der Waals surface area contributed by atoms with E-state index in [1.165, 1.54) is 18.9 Å². The van der Waals surface area contributed by atoms with E-state index in [0.29, 0.717) is 21.7 Å². The van der Waals surface area contributed by atoms with Gasteiger partial charge in [-0.25, -0.2) is 9.37 Å². The number of oxazole rings is 1. The number of rotatable bonds is 6. The van der Waals surface area contributed by atoms with E-state index in [2.05, 4.69) is 26.2 Å². The molecule has 1 aliphatic carbocycles. The molecule has 1 N–H and O–H groups in total. The van der Waals surface area contributed by atoms with Gasteiger partial charge in [0.25, 0.3) is 0 Å². The predicted molar refractivity (Wildman–Crippen MR) is 78.9 cm³/mol. The lowest BCUT2D eigenvalue weighted by molar-refractivity contribution is 0.488. The van der Waals surface area contributed by atoms with Gasteiger partial charge in [0.1, 0.15) is 5.82 Å². The van der Waals surface area contributed by atoms with Crippen LogP contribution in [0.15, 0.2) is 33.3 Å². The third-order valence-electron chi connectivity index (χ3n) is 3.34. The van der Waals surface area contributed by atoms with Crippen molar-refractivity contribution in [2.75, 3.05) is 6.54 Å². The Morgan fingerprint density at radius 1 is 1.40 bits per heavy atom. The molecule has 0 bridgehead atoms. The molecule has 1 saturated carbocycles. The maximum Gasteiger partial charge on any atom is 0.194 e. The van der Waals surface area contributed by atoms with Crippen LogP contribution in [0.5, 0.6) is 0 Å². The first-order valence-electron chi connectivity index (χ1n) is 6.86. The summed E-state index contributed by atoms with van der Waals surface area (Å²) in [6.45, 7) is 0.978. The van der Waals surface area contributed by atoms with Crippen molar-refractivity contribution in [3.8, 4) is 11.3 Å². The molecule has 3 nitrogen and oxygen atoms in total. The van der Waals surface area contributed by atoms with Crippen LogP contribution in [0.1, 0.15) is 25.2 Å². The fraction of sp³-hybridized carbons (Fsp3) is 0.400. The highest BCUT2D eigenvalue weighted by Gasteiger charge is 2.19. The molecule has 2 aromatic rings. The molecule has 0 spiro atoms. The van der Waals surface area contributed by atoms with Crippen LogP contribution in [0.3, 0.4) is 0 Å². The Kier molecular flexibility index (Phi) is 4.17. The lowest BCUT2D eigenvalue weighted by atomic mass is 10.2. The minimum atomic E-state index is -0.308. The Morgan fingerprint density at radius 2 is 2.25 bits per heavy atom. The number of nitrogens with one attached hydrogen (secondary N) is 1. The standard InChI is InChI=1S/C15H16BrFN2O/c16-11-3-1-4-12(17)15(11)13-9-19-14(20-13)5-2-8-18-10-6-7-10/h1,3-4,9-10,18H,2,5-8H2. The average Bonchev–Trinajstić information content (AvgIpc) is 3.13. The Hall–Kier alpha value is -1.20. The van der Waals surface area contributed by atoms with Crippen LogP contribution >= 0.6 is 15.9 Å². The van der Waals surface area contributed by atoms with Gasteiger partial charge >= 0.3 is 0 Å². The number of aryl methyl sites for hydroxylation is 1.